The normalized spacial score (nSPS) is 13.1. The van der Waals surface area contributed by atoms with Crippen LogP contribution in [0, 0.1) is 18.7 Å². The van der Waals surface area contributed by atoms with Crippen LogP contribution in [0.5, 0.6) is 0 Å². The second-order valence-electron chi connectivity index (χ2n) is 4.54. The summed E-state index contributed by atoms with van der Waals surface area (Å²) in [5.74, 6) is 0.301. The highest BCUT2D eigenvalue weighted by atomic mass is 19.1. The summed E-state index contributed by atoms with van der Waals surface area (Å²) in [4.78, 5) is 0. The molecular formula is C13H21FN2. The predicted octanol–water partition coefficient (Wildman–Crippen LogP) is 2.21. The van der Waals surface area contributed by atoms with Gasteiger partial charge in [0.05, 0.1) is 0 Å². The molecule has 0 aromatic heterocycles. The maximum atomic E-state index is 13.1. The van der Waals surface area contributed by atoms with Crippen molar-refractivity contribution in [3.63, 3.8) is 0 Å². The summed E-state index contributed by atoms with van der Waals surface area (Å²) in [6.07, 6.45) is 0. The second kappa shape index (κ2) is 5.97. The first-order chi connectivity index (χ1) is 7.54. The van der Waals surface area contributed by atoms with Gasteiger partial charge in [-0.1, -0.05) is 19.9 Å². The number of rotatable bonds is 5. The average molecular weight is 224 g/mol. The molecule has 1 atom stereocenters. The van der Waals surface area contributed by atoms with E-state index in [9.17, 15) is 4.39 Å². The van der Waals surface area contributed by atoms with Crippen LogP contribution < -0.4 is 11.1 Å². The maximum absolute atomic E-state index is 13.1. The minimum atomic E-state index is -0.184. The molecule has 0 amide bonds. The van der Waals surface area contributed by atoms with E-state index in [1.165, 1.54) is 6.07 Å². The lowest BCUT2D eigenvalue weighted by molar-refractivity contribution is 0.404. The molecule has 1 rings (SSSR count). The topological polar surface area (TPSA) is 38.0 Å². The van der Waals surface area contributed by atoms with Crippen LogP contribution in [0.1, 0.15) is 25.0 Å². The maximum Gasteiger partial charge on any atom is 0.123 e. The number of aryl methyl sites for hydroxylation is 1. The van der Waals surface area contributed by atoms with Gasteiger partial charge in [-0.15, -0.1) is 0 Å². The summed E-state index contributed by atoms with van der Waals surface area (Å²) in [7, 11) is 0. The number of hydrogen-bond acceptors (Lipinski definition) is 2. The standard InChI is InChI=1S/C13H21FN2/c1-9(2)13(7-15)16-8-11-6-12(14)5-4-10(11)3/h4-6,9,13,16H,7-8,15H2,1-3H3. The van der Waals surface area contributed by atoms with E-state index in [4.69, 9.17) is 5.73 Å². The molecule has 0 bridgehead atoms. The van der Waals surface area contributed by atoms with Crippen LogP contribution in [0.4, 0.5) is 4.39 Å². The summed E-state index contributed by atoms with van der Waals surface area (Å²) >= 11 is 0. The molecular weight excluding hydrogens is 203 g/mol. The van der Waals surface area contributed by atoms with Gasteiger partial charge in [0.2, 0.25) is 0 Å². The quantitative estimate of drug-likeness (QED) is 0.804. The molecule has 90 valence electrons. The van der Waals surface area contributed by atoms with Crippen LogP contribution in [-0.2, 0) is 6.54 Å². The summed E-state index contributed by atoms with van der Waals surface area (Å²) < 4.78 is 13.1. The van der Waals surface area contributed by atoms with Crippen LogP contribution >= 0.6 is 0 Å². The van der Waals surface area contributed by atoms with E-state index in [0.29, 0.717) is 19.0 Å². The van der Waals surface area contributed by atoms with E-state index in [-0.39, 0.29) is 11.9 Å². The Bertz CT molecular complexity index is 337. The molecule has 2 nitrogen and oxygen atoms in total. The Morgan fingerprint density at radius 1 is 1.38 bits per heavy atom. The van der Waals surface area contributed by atoms with Crippen molar-refractivity contribution in [1.82, 2.24) is 5.32 Å². The fraction of sp³-hybridized carbons (Fsp3) is 0.538. The minimum absolute atomic E-state index is 0.184. The number of halogens is 1. The van der Waals surface area contributed by atoms with Crippen molar-refractivity contribution in [3.05, 3.63) is 35.1 Å². The summed E-state index contributed by atoms with van der Waals surface area (Å²) in [6, 6.07) is 5.15. The lowest BCUT2D eigenvalue weighted by Crippen LogP contribution is -2.39. The molecule has 16 heavy (non-hydrogen) atoms. The third kappa shape index (κ3) is 3.58. The van der Waals surface area contributed by atoms with E-state index in [1.54, 1.807) is 12.1 Å². The van der Waals surface area contributed by atoms with Crippen molar-refractivity contribution in [2.24, 2.45) is 11.7 Å². The van der Waals surface area contributed by atoms with Crippen LogP contribution in [-0.4, -0.2) is 12.6 Å². The molecule has 0 heterocycles. The summed E-state index contributed by atoms with van der Waals surface area (Å²) in [5.41, 5.74) is 7.77. The van der Waals surface area contributed by atoms with E-state index < -0.39 is 0 Å². The Morgan fingerprint density at radius 3 is 2.62 bits per heavy atom. The Balaban J connectivity index is 2.63. The van der Waals surface area contributed by atoms with Gasteiger partial charge in [-0.2, -0.15) is 0 Å². The molecule has 1 aromatic rings. The molecule has 0 saturated carbocycles. The third-order valence-electron chi connectivity index (χ3n) is 2.92. The fourth-order valence-corrected chi connectivity index (χ4v) is 1.66. The molecule has 0 fully saturated rings. The number of nitrogens with one attached hydrogen (secondary N) is 1. The highest BCUT2D eigenvalue weighted by Crippen LogP contribution is 2.11. The van der Waals surface area contributed by atoms with Crippen molar-refractivity contribution in [2.75, 3.05) is 6.54 Å². The van der Waals surface area contributed by atoms with Crippen molar-refractivity contribution in [1.29, 1.82) is 0 Å². The Morgan fingerprint density at radius 2 is 2.06 bits per heavy atom. The van der Waals surface area contributed by atoms with E-state index in [1.807, 2.05) is 6.92 Å². The molecule has 0 aliphatic carbocycles. The van der Waals surface area contributed by atoms with Crippen LogP contribution in [0.25, 0.3) is 0 Å². The molecule has 3 heteroatoms. The van der Waals surface area contributed by atoms with Gasteiger partial charge in [0, 0.05) is 19.1 Å². The first-order valence-corrected chi connectivity index (χ1v) is 5.73. The number of hydrogen-bond donors (Lipinski definition) is 2. The monoisotopic (exact) mass is 224 g/mol. The molecule has 1 unspecified atom stereocenters. The SMILES string of the molecule is Cc1ccc(F)cc1CNC(CN)C(C)C. The fourth-order valence-electron chi connectivity index (χ4n) is 1.66. The second-order valence-corrected chi connectivity index (χ2v) is 4.54. The van der Waals surface area contributed by atoms with Gasteiger partial charge >= 0.3 is 0 Å². The number of benzene rings is 1. The lowest BCUT2D eigenvalue weighted by atomic mass is 10.0. The highest BCUT2D eigenvalue weighted by molar-refractivity contribution is 5.26. The van der Waals surface area contributed by atoms with Gasteiger partial charge in [0.25, 0.3) is 0 Å². The van der Waals surface area contributed by atoms with Gasteiger partial charge < -0.3 is 11.1 Å². The molecule has 1 aromatic carbocycles. The summed E-state index contributed by atoms with van der Waals surface area (Å²) in [5, 5.41) is 3.36. The van der Waals surface area contributed by atoms with E-state index >= 15 is 0 Å². The van der Waals surface area contributed by atoms with Crippen LogP contribution in [0.3, 0.4) is 0 Å². The van der Waals surface area contributed by atoms with Crippen LogP contribution in [0.15, 0.2) is 18.2 Å². The molecule has 0 spiro atoms. The van der Waals surface area contributed by atoms with Crippen molar-refractivity contribution >= 4 is 0 Å². The highest BCUT2D eigenvalue weighted by Gasteiger charge is 2.10. The van der Waals surface area contributed by atoms with Crippen molar-refractivity contribution in [2.45, 2.75) is 33.4 Å². The van der Waals surface area contributed by atoms with Crippen LogP contribution in [0.2, 0.25) is 0 Å². The largest absolute Gasteiger partial charge is 0.329 e. The zero-order chi connectivity index (χ0) is 12.1. The zero-order valence-corrected chi connectivity index (χ0v) is 10.3. The number of nitrogens with two attached hydrogens (primary N) is 1. The van der Waals surface area contributed by atoms with Gasteiger partial charge in [-0.05, 0) is 36.1 Å². The van der Waals surface area contributed by atoms with Gasteiger partial charge in [-0.3, -0.25) is 0 Å². The smallest absolute Gasteiger partial charge is 0.123 e. The molecule has 3 N–H and O–H groups in total. The zero-order valence-electron chi connectivity index (χ0n) is 10.3. The predicted molar refractivity (Wildman–Crippen MR) is 65.7 cm³/mol. The van der Waals surface area contributed by atoms with Gasteiger partial charge in [0.1, 0.15) is 5.82 Å². The van der Waals surface area contributed by atoms with Gasteiger partial charge in [0.15, 0.2) is 0 Å². The Labute approximate surface area is 97.0 Å². The Kier molecular flexibility index (Phi) is 4.90. The van der Waals surface area contributed by atoms with E-state index in [0.717, 1.165) is 11.1 Å². The van der Waals surface area contributed by atoms with Crippen molar-refractivity contribution < 1.29 is 4.39 Å². The van der Waals surface area contributed by atoms with Crippen molar-refractivity contribution in [3.8, 4) is 0 Å². The lowest BCUT2D eigenvalue weighted by Gasteiger charge is -2.21. The molecule has 0 radical (unpaired) electrons. The molecule has 0 saturated heterocycles. The van der Waals surface area contributed by atoms with Gasteiger partial charge in [-0.25, -0.2) is 4.39 Å². The minimum Gasteiger partial charge on any atom is -0.329 e. The van der Waals surface area contributed by atoms with E-state index in [2.05, 4.69) is 19.2 Å². The molecule has 0 aliphatic heterocycles. The third-order valence-corrected chi connectivity index (χ3v) is 2.92. The first kappa shape index (κ1) is 13.1. The average Bonchev–Trinajstić information content (AvgIpc) is 2.23. The molecule has 0 aliphatic rings. The first-order valence-electron chi connectivity index (χ1n) is 5.73. The summed E-state index contributed by atoms with van der Waals surface area (Å²) in [6.45, 7) is 7.52. The Hall–Kier alpha value is -0.930.